The normalized spacial score (nSPS) is 19.3. The van der Waals surface area contributed by atoms with Crippen molar-refractivity contribution < 1.29 is 4.79 Å². The second kappa shape index (κ2) is 7.33. The van der Waals surface area contributed by atoms with E-state index in [9.17, 15) is 4.79 Å². The van der Waals surface area contributed by atoms with E-state index >= 15 is 0 Å². The van der Waals surface area contributed by atoms with Crippen LogP contribution in [0.5, 0.6) is 0 Å². The molecule has 1 aromatic carbocycles. The van der Waals surface area contributed by atoms with Gasteiger partial charge in [0.05, 0.1) is 6.04 Å². The molecule has 0 aliphatic carbocycles. The molecular weight excluding hydrogens is 384 g/mol. The molecule has 5 nitrogen and oxygen atoms in total. The van der Waals surface area contributed by atoms with Crippen molar-refractivity contribution in [2.75, 3.05) is 0 Å². The van der Waals surface area contributed by atoms with Crippen LogP contribution in [0.3, 0.4) is 0 Å². The number of nitrogens with zero attached hydrogens (tertiary/aromatic N) is 2. The van der Waals surface area contributed by atoms with Crippen molar-refractivity contribution in [2.45, 2.75) is 24.8 Å². The summed E-state index contributed by atoms with van der Waals surface area (Å²) in [5, 5.41) is 4.82. The number of carbonyl (C=O) groups is 1. The van der Waals surface area contributed by atoms with Gasteiger partial charge in [-0.1, -0.05) is 29.8 Å². The number of fused-ring (bicyclic) bond motifs is 1. The third kappa shape index (κ3) is 3.38. The van der Waals surface area contributed by atoms with Crippen molar-refractivity contribution in [1.29, 1.82) is 0 Å². The molecule has 2 atom stereocenters. The van der Waals surface area contributed by atoms with Gasteiger partial charge in [0.1, 0.15) is 5.65 Å². The number of halogens is 1. The van der Waals surface area contributed by atoms with E-state index in [1.165, 1.54) is 0 Å². The summed E-state index contributed by atoms with van der Waals surface area (Å²) in [7, 11) is 0. The molecule has 4 aromatic rings. The molecule has 1 aliphatic rings. The summed E-state index contributed by atoms with van der Waals surface area (Å²) in [5.74, 6) is 0.132. The summed E-state index contributed by atoms with van der Waals surface area (Å²) in [5.41, 5.74) is 4.89. The van der Waals surface area contributed by atoms with Crippen LogP contribution in [0.25, 0.3) is 22.3 Å². The smallest absolute Gasteiger partial charge is 0.221 e. The summed E-state index contributed by atoms with van der Waals surface area (Å²) in [6, 6.07) is 15.6. The van der Waals surface area contributed by atoms with Gasteiger partial charge in [-0.05, 0) is 53.8 Å². The Morgan fingerprint density at radius 3 is 2.76 bits per heavy atom. The topological polar surface area (TPSA) is 70.7 Å². The van der Waals surface area contributed by atoms with Crippen LogP contribution in [-0.2, 0) is 4.79 Å². The van der Waals surface area contributed by atoms with E-state index in [0.717, 1.165) is 39.8 Å². The molecule has 1 saturated heterocycles. The Labute approximate surface area is 173 Å². The van der Waals surface area contributed by atoms with E-state index in [2.05, 4.69) is 26.3 Å². The number of hydrogen-bond acceptors (Lipinski definition) is 3. The Morgan fingerprint density at radius 2 is 1.93 bits per heavy atom. The SMILES string of the molecule is O=C1CC(c2ccnc3[nH]c(-c4cccnc4)cc23)CC(c2ccccc2Cl)N1. The standard InChI is InChI=1S/C23H19ClN4O/c24-19-6-2-1-5-17(19)21-10-15(11-22(29)27-21)16-7-9-26-23-18(16)12-20(28-23)14-4-3-8-25-13-14/h1-9,12-13,15,21H,10-11H2,(H,26,28)(H,27,29). The van der Waals surface area contributed by atoms with Gasteiger partial charge in [-0.3, -0.25) is 9.78 Å². The molecule has 5 rings (SSSR count). The molecule has 0 radical (unpaired) electrons. The second-order valence-corrected chi connectivity index (χ2v) is 7.77. The van der Waals surface area contributed by atoms with Crippen LogP contribution in [0.1, 0.15) is 35.9 Å². The largest absolute Gasteiger partial charge is 0.349 e. The maximum absolute atomic E-state index is 12.5. The first-order chi connectivity index (χ1) is 14.2. The number of pyridine rings is 2. The van der Waals surface area contributed by atoms with Crippen molar-refractivity contribution in [3.63, 3.8) is 0 Å². The number of H-pyrrole nitrogens is 1. The lowest BCUT2D eigenvalue weighted by Crippen LogP contribution is -2.36. The third-order valence-corrected chi connectivity index (χ3v) is 5.89. The number of rotatable bonds is 3. The summed E-state index contributed by atoms with van der Waals surface area (Å²) in [4.78, 5) is 24.6. The molecule has 0 spiro atoms. The number of hydrogen-bond donors (Lipinski definition) is 2. The highest BCUT2D eigenvalue weighted by Gasteiger charge is 2.30. The number of carbonyl (C=O) groups excluding carboxylic acids is 1. The first-order valence-corrected chi connectivity index (χ1v) is 9.98. The number of amides is 1. The first kappa shape index (κ1) is 17.9. The molecule has 0 bridgehead atoms. The van der Waals surface area contributed by atoms with Crippen LogP contribution in [0, 0.1) is 0 Å². The molecule has 1 amide bonds. The Morgan fingerprint density at radius 1 is 1.03 bits per heavy atom. The molecule has 1 fully saturated rings. The van der Waals surface area contributed by atoms with E-state index in [-0.39, 0.29) is 17.9 Å². The van der Waals surface area contributed by atoms with E-state index in [1.54, 1.807) is 12.4 Å². The van der Waals surface area contributed by atoms with Gasteiger partial charge in [0.25, 0.3) is 0 Å². The fraction of sp³-hybridized carbons (Fsp3) is 0.174. The molecule has 6 heteroatoms. The lowest BCUT2D eigenvalue weighted by molar-refractivity contribution is -0.123. The van der Waals surface area contributed by atoms with Crippen LogP contribution in [-0.4, -0.2) is 20.9 Å². The van der Waals surface area contributed by atoms with Crippen LogP contribution < -0.4 is 5.32 Å². The van der Waals surface area contributed by atoms with Crippen molar-refractivity contribution in [3.05, 3.63) is 83.3 Å². The molecule has 0 saturated carbocycles. The number of piperidine rings is 1. The molecule has 1 aliphatic heterocycles. The van der Waals surface area contributed by atoms with E-state index < -0.39 is 0 Å². The van der Waals surface area contributed by atoms with E-state index in [4.69, 9.17) is 11.6 Å². The Hall–Kier alpha value is -3.18. The lowest BCUT2D eigenvalue weighted by atomic mass is 9.83. The fourth-order valence-electron chi connectivity index (χ4n) is 4.18. The zero-order chi connectivity index (χ0) is 19.8. The zero-order valence-corrected chi connectivity index (χ0v) is 16.4. The van der Waals surface area contributed by atoms with Crippen LogP contribution in [0.2, 0.25) is 5.02 Å². The van der Waals surface area contributed by atoms with Gasteiger partial charge in [0, 0.05) is 46.7 Å². The summed E-state index contributed by atoms with van der Waals surface area (Å²) in [6.07, 6.45) is 6.63. The zero-order valence-electron chi connectivity index (χ0n) is 15.6. The molecule has 4 heterocycles. The van der Waals surface area contributed by atoms with Gasteiger partial charge in [0.2, 0.25) is 5.91 Å². The number of nitrogens with one attached hydrogen (secondary N) is 2. The predicted molar refractivity (Wildman–Crippen MR) is 114 cm³/mol. The lowest BCUT2D eigenvalue weighted by Gasteiger charge is -2.31. The van der Waals surface area contributed by atoms with Gasteiger partial charge in [0.15, 0.2) is 0 Å². The van der Waals surface area contributed by atoms with Crippen molar-refractivity contribution in [3.8, 4) is 11.3 Å². The highest BCUT2D eigenvalue weighted by Crippen LogP contribution is 2.39. The molecular formula is C23H19ClN4O. The van der Waals surface area contributed by atoms with E-state index in [0.29, 0.717) is 11.4 Å². The maximum Gasteiger partial charge on any atom is 0.221 e. The highest BCUT2D eigenvalue weighted by molar-refractivity contribution is 6.31. The molecule has 2 unspecified atom stereocenters. The fourth-order valence-corrected chi connectivity index (χ4v) is 4.45. The monoisotopic (exact) mass is 402 g/mol. The van der Waals surface area contributed by atoms with Crippen molar-refractivity contribution >= 4 is 28.5 Å². The Bertz CT molecular complexity index is 1190. The number of aromatic amines is 1. The summed E-state index contributed by atoms with van der Waals surface area (Å²) >= 11 is 6.39. The Balaban J connectivity index is 1.53. The van der Waals surface area contributed by atoms with Crippen molar-refractivity contribution in [2.24, 2.45) is 0 Å². The average molecular weight is 403 g/mol. The number of benzene rings is 1. The quantitative estimate of drug-likeness (QED) is 0.505. The molecule has 144 valence electrons. The van der Waals surface area contributed by atoms with Crippen molar-refractivity contribution in [1.82, 2.24) is 20.3 Å². The van der Waals surface area contributed by atoms with E-state index in [1.807, 2.05) is 48.7 Å². The molecule has 29 heavy (non-hydrogen) atoms. The highest BCUT2D eigenvalue weighted by atomic mass is 35.5. The molecule has 3 aromatic heterocycles. The van der Waals surface area contributed by atoms with Crippen LogP contribution in [0.15, 0.2) is 67.1 Å². The maximum atomic E-state index is 12.5. The van der Waals surface area contributed by atoms with Crippen LogP contribution >= 0.6 is 11.6 Å². The number of aromatic nitrogens is 3. The molecule has 2 N–H and O–H groups in total. The van der Waals surface area contributed by atoms with Gasteiger partial charge < -0.3 is 10.3 Å². The predicted octanol–water partition coefficient (Wildman–Crippen LogP) is 5.01. The van der Waals surface area contributed by atoms with Gasteiger partial charge in [-0.15, -0.1) is 0 Å². The summed E-state index contributed by atoms with van der Waals surface area (Å²) < 4.78 is 0. The van der Waals surface area contributed by atoms with Crippen LogP contribution in [0.4, 0.5) is 0 Å². The van der Waals surface area contributed by atoms with Gasteiger partial charge in [-0.25, -0.2) is 4.98 Å². The third-order valence-electron chi connectivity index (χ3n) is 5.55. The van der Waals surface area contributed by atoms with Gasteiger partial charge in [-0.2, -0.15) is 0 Å². The minimum Gasteiger partial charge on any atom is -0.349 e. The Kier molecular flexibility index (Phi) is 4.52. The average Bonchev–Trinajstić information content (AvgIpc) is 3.19. The summed E-state index contributed by atoms with van der Waals surface area (Å²) in [6.45, 7) is 0. The minimum atomic E-state index is -0.102. The van der Waals surface area contributed by atoms with Gasteiger partial charge >= 0.3 is 0 Å². The first-order valence-electron chi connectivity index (χ1n) is 9.61. The minimum absolute atomic E-state index is 0.0409. The second-order valence-electron chi connectivity index (χ2n) is 7.37.